The lowest BCUT2D eigenvalue weighted by Crippen LogP contribution is -2.04. The topological polar surface area (TPSA) is 64.3 Å². The van der Waals surface area contributed by atoms with Crippen LogP contribution in [0.5, 0.6) is 0 Å². The highest BCUT2D eigenvalue weighted by Gasteiger charge is 2.19. The van der Waals surface area contributed by atoms with Gasteiger partial charge in [-0.15, -0.1) is 23.1 Å². The molecule has 0 amide bonds. The van der Waals surface area contributed by atoms with Crippen molar-refractivity contribution in [3.63, 3.8) is 0 Å². The molecule has 0 aromatic carbocycles. The van der Waals surface area contributed by atoms with Gasteiger partial charge in [-0.05, 0) is 12.7 Å². The molecule has 0 aliphatic carbocycles. The van der Waals surface area contributed by atoms with Crippen LogP contribution in [0.15, 0.2) is 4.90 Å². The van der Waals surface area contributed by atoms with E-state index in [9.17, 15) is 4.79 Å². The largest absolute Gasteiger partial charge is 0.396 e. The number of ketones is 1. The number of nitrogens with one attached hydrogen (secondary N) is 1. The average molecular weight is 288 g/mol. The van der Waals surface area contributed by atoms with E-state index in [1.165, 1.54) is 11.3 Å². The van der Waals surface area contributed by atoms with Crippen LogP contribution in [0.3, 0.4) is 0 Å². The van der Waals surface area contributed by atoms with Gasteiger partial charge < -0.3 is 15.8 Å². The number of ether oxygens (including phenoxy) is 1. The Morgan fingerprint density at radius 3 is 2.83 bits per heavy atom. The summed E-state index contributed by atoms with van der Waals surface area (Å²) in [5, 5.41) is 4.32. The maximum Gasteiger partial charge on any atom is 0.174 e. The van der Waals surface area contributed by atoms with Crippen LogP contribution in [-0.4, -0.2) is 32.3 Å². The van der Waals surface area contributed by atoms with Crippen molar-refractivity contribution >= 4 is 39.6 Å². The number of hydrogen-bond acceptors (Lipinski definition) is 6. The van der Waals surface area contributed by atoms with Gasteiger partial charge in [-0.25, -0.2) is 0 Å². The predicted molar refractivity (Wildman–Crippen MR) is 80.1 cm³/mol. The summed E-state index contributed by atoms with van der Waals surface area (Å²) in [4.78, 5) is 13.4. The summed E-state index contributed by atoms with van der Waals surface area (Å²) in [6, 6.07) is 0. The molecule has 0 radical (unpaired) electrons. The van der Waals surface area contributed by atoms with Gasteiger partial charge in [0.15, 0.2) is 5.78 Å². The van der Waals surface area contributed by atoms with E-state index in [1.54, 1.807) is 18.9 Å². The summed E-state index contributed by atoms with van der Waals surface area (Å²) in [5.41, 5.74) is 6.64. The van der Waals surface area contributed by atoms with Gasteiger partial charge in [-0.2, -0.15) is 0 Å². The minimum atomic E-state index is 0.109. The van der Waals surface area contributed by atoms with E-state index < -0.39 is 0 Å². The molecule has 0 aliphatic rings. The van der Waals surface area contributed by atoms with Crippen LogP contribution in [0.4, 0.5) is 10.7 Å². The Hall–Kier alpha value is -0.720. The van der Waals surface area contributed by atoms with E-state index in [4.69, 9.17) is 10.5 Å². The number of thioether (sulfide) groups is 1. The summed E-state index contributed by atoms with van der Waals surface area (Å²) in [5.74, 6) is 0.109. The van der Waals surface area contributed by atoms with Crippen molar-refractivity contribution in [2.75, 3.05) is 37.6 Å². The molecule has 18 heavy (non-hydrogen) atoms. The van der Waals surface area contributed by atoms with Crippen molar-refractivity contribution in [3.8, 4) is 0 Å². The summed E-state index contributed by atoms with van der Waals surface area (Å²) >= 11 is 3.03. The molecular formula is C12H20N2O2S2. The quantitative estimate of drug-likeness (QED) is 0.437. The number of thiophene rings is 1. The Labute approximate surface area is 116 Å². The van der Waals surface area contributed by atoms with Crippen molar-refractivity contribution in [1.82, 2.24) is 0 Å². The number of anilines is 2. The molecule has 0 fully saturated rings. The summed E-state index contributed by atoms with van der Waals surface area (Å²) in [6.45, 7) is 3.40. The van der Waals surface area contributed by atoms with Gasteiger partial charge in [0.1, 0.15) is 5.00 Å². The van der Waals surface area contributed by atoms with E-state index in [0.717, 1.165) is 29.5 Å². The van der Waals surface area contributed by atoms with Crippen LogP contribution >= 0.6 is 23.1 Å². The third-order valence-electron chi connectivity index (χ3n) is 2.49. The van der Waals surface area contributed by atoms with Gasteiger partial charge in [0.05, 0.1) is 15.5 Å². The van der Waals surface area contributed by atoms with Crippen LogP contribution in [-0.2, 0) is 4.74 Å². The Balaban J connectivity index is 2.80. The van der Waals surface area contributed by atoms with E-state index >= 15 is 0 Å². The molecule has 1 aromatic rings. The number of methoxy groups -OCH3 is 1. The standard InChI is InChI=1S/C12H20N2O2S2/c1-4-8(15)10-9(13)11(17-3)12(18-10)14-6-5-7-16-2/h14H,4-7,13H2,1-3H3. The number of hydrogen-bond donors (Lipinski definition) is 2. The normalized spacial score (nSPS) is 10.6. The van der Waals surface area contributed by atoms with Gasteiger partial charge in [-0.3, -0.25) is 4.79 Å². The number of Topliss-reactive ketones (excluding diaryl/α,β-unsaturated/α-hetero) is 1. The number of nitrogens with two attached hydrogens (primary N) is 1. The number of carbonyl (C=O) groups is 1. The molecule has 3 N–H and O–H groups in total. The highest BCUT2D eigenvalue weighted by molar-refractivity contribution is 7.99. The highest BCUT2D eigenvalue weighted by atomic mass is 32.2. The van der Waals surface area contributed by atoms with Crippen molar-refractivity contribution in [1.29, 1.82) is 0 Å². The zero-order valence-electron chi connectivity index (χ0n) is 11.0. The fourth-order valence-electron chi connectivity index (χ4n) is 1.53. The van der Waals surface area contributed by atoms with Gasteiger partial charge in [0, 0.05) is 26.7 Å². The summed E-state index contributed by atoms with van der Waals surface area (Å²) in [6.07, 6.45) is 3.39. The molecular weight excluding hydrogens is 268 g/mol. The fraction of sp³-hybridized carbons (Fsp3) is 0.583. The molecule has 1 rings (SSSR count). The van der Waals surface area contributed by atoms with Gasteiger partial charge in [0.25, 0.3) is 0 Å². The number of rotatable bonds is 8. The van der Waals surface area contributed by atoms with Crippen molar-refractivity contribution in [2.24, 2.45) is 0 Å². The molecule has 6 heteroatoms. The Bertz CT molecular complexity index is 405. The Kier molecular flexibility index (Phi) is 6.52. The first-order chi connectivity index (χ1) is 8.65. The molecule has 0 atom stereocenters. The second kappa shape index (κ2) is 7.66. The second-order valence-electron chi connectivity index (χ2n) is 3.76. The summed E-state index contributed by atoms with van der Waals surface area (Å²) < 4.78 is 5.00. The first-order valence-corrected chi connectivity index (χ1v) is 7.92. The average Bonchev–Trinajstić information content (AvgIpc) is 2.70. The van der Waals surface area contributed by atoms with E-state index in [0.29, 0.717) is 17.0 Å². The smallest absolute Gasteiger partial charge is 0.174 e. The first kappa shape index (κ1) is 15.3. The molecule has 0 spiro atoms. The van der Waals surface area contributed by atoms with Crippen LogP contribution in [0.25, 0.3) is 0 Å². The molecule has 4 nitrogen and oxygen atoms in total. The van der Waals surface area contributed by atoms with E-state index in [2.05, 4.69) is 5.32 Å². The molecule has 0 saturated heterocycles. The molecule has 0 unspecified atom stereocenters. The first-order valence-electron chi connectivity index (χ1n) is 5.87. The van der Waals surface area contributed by atoms with Gasteiger partial charge in [-0.1, -0.05) is 6.92 Å². The third kappa shape index (κ3) is 3.63. The Morgan fingerprint density at radius 1 is 1.56 bits per heavy atom. The number of nitrogen functional groups attached to an aromatic ring is 1. The minimum Gasteiger partial charge on any atom is -0.396 e. The molecule has 0 aliphatic heterocycles. The molecule has 0 bridgehead atoms. The number of carbonyl (C=O) groups excluding carboxylic acids is 1. The van der Waals surface area contributed by atoms with E-state index in [-0.39, 0.29) is 5.78 Å². The highest BCUT2D eigenvalue weighted by Crippen LogP contribution is 2.42. The van der Waals surface area contributed by atoms with Crippen molar-refractivity contribution in [3.05, 3.63) is 4.88 Å². The Morgan fingerprint density at radius 2 is 2.28 bits per heavy atom. The molecule has 0 saturated carbocycles. The molecule has 102 valence electrons. The zero-order valence-corrected chi connectivity index (χ0v) is 12.7. The van der Waals surface area contributed by atoms with Gasteiger partial charge >= 0.3 is 0 Å². The van der Waals surface area contributed by atoms with E-state index in [1.807, 2.05) is 13.2 Å². The van der Waals surface area contributed by atoms with Crippen LogP contribution in [0, 0.1) is 0 Å². The third-order valence-corrected chi connectivity index (χ3v) is 4.65. The van der Waals surface area contributed by atoms with Crippen LogP contribution in [0.2, 0.25) is 0 Å². The second-order valence-corrected chi connectivity index (χ2v) is 5.59. The SMILES string of the molecule is CCC(=O)c1sc(NCCCOC)c(SC)c1N. The lowest BCUT2D eigenvalue weighted by molar-refractivity contribution is 0.0992. The molecule has 1 aromatic heterocycles. The fourth-order valence-corrected chi connectivity index (χ4v) is 3.60. The van der Waals surface area contributed by atoms with Gasteiger partial charge in [0.2, 0.25) is 0 Å². The van der Waals surface area contributed by atoms with Crippen LogP contribution < -0.4 is 11.1 Å². The summed E-state index contributed by atoms with van der Waals surface area (Å²) in [7, 11) is 1.69. The predicted octanol–water partition coefficient (Wildman–Crippen LogP) is 3.09. The van der Waals surface area contributed by atoms with Crippen LogP contribution in [0.1, 0.15) is 29.4 Å². The maximum atomic E-state index is 11.8. The lowest BCUT2D eigenvalue weighted by Gasteiger charge is -2.05. The molecule has 1 heterocycles. The minimum absolute atomic E-state index is 0.109. The maximum absolute atomic E-state index is 11.8. The van der Waals surface area contributed by atoms with Crippen molar-refractivity contribution in [2.45, 2.75) is 24.7 Å². The van der Waals surface area contributed by atoms with Crippen molar-refractivity contribution < 1.29 is 9.53 Å². The zero-order chi connectivity index (χ0) is 13.5. The monoisotopic (exact) mass is 288 g/mol. The lowest BCUT2D eigenvalue weighted by atomic mass is 10.2.